The van der Waals surface area contributed by atoms with E-state index in [1.54, 1.807) is 11.3 Å². The lowest BCUT2D eigenvalue weighted by molar-refractivity contribution is 0.246. The van der Waals surface area contributed by atoms with Crippen LogP contribution in [0.15, 0.2) is 15.9 Å². The normalized spacial score (nSPS) is 27.9. The molecule has 0 saturated heterocycles. The van der Waals surface area contributed by atoms with Crippen LogP contribution >= 0.6 is 23.1 Å². The van der Waals surface area contributed by atoms with E-state index in [1.807, 2.05) is 18.0 Å². The van der Waals surface area contributed by atoms with E-state index < -0.39 is 0 Å². The lowest BCUT2D eigenvalue weighted by Crippen LogP contribution is -2.43. The van der Waals surface area contributed by atoms with Crippen LogP contribution in [-0.4, -0.2) is 22.8 Å². The average molecular weight is 299 g/mol. The summed E-state index contributed by atoms with van der Waals surface area (Å²) in [6.45, 7) is 8.13. The number of hydrogen-bond acceptors (Lipinski definition) is 4. The van der Waals surface area contributed by atoms with Crippen LogP contribution in [0.4, 0.5) is 0 Å². The Bertz CT molecular complexity index is 351. The Balaban J connectivity index is 1.97. The Morgan fingerprint density at radius 1 is 1.47 bits per heavy atom. The number of nitrogens with zero attached hydrogens (tertiary/aromatic N) is 1. The molecule has 1 fully saturated rings. The number of hydrogen-bond donors (Lipinski definition) is 1. The summed E-state index contributed by atoms with van der Waals surface area (Å²) in [5.74, 6) is 1.70. The van der Waals surface area contributed by atoms with Gasteiger partial charge < -0.3 is 5.32 Å². The minimum absolute atomic E-state index is 0.670. The summed E-state index contributed by atoms with van der Waals surface area (Å²) in [6.07, 6.45) is 7.19. The molecule has 0 aliphatic heterocycles. The zero-order valence-corrected chi connectivity index (χ0v) is 13.9. The van der Waals surface area contributed by atoms with Gasteiger partial charge in [-0.25, -0.2) is 4.98 Å². The van der Waals surface area contributed by atoms with E-state index in [-0.39, 0.29) is 0 Å². The van der Waals surface area contributed by atoms with Crippen molar-refractivity contribution >= 4 is 23.1 Å². The van der Waals surface area contributed by atoms with Crippen molar-refractivity contribution < 1.29 is 0 Å². The van der Waals surface area contributed by atoms with Crippen molar-refractivity contribution in [3.63, 3.8) is 0 Å². The van der Waals surface area contributed by atoms with Gasteiger partial charge in [0.2, 0.25) is 0 Å². The predicted octanol–water partition coefficient (Wildman–Crippen LogP) is 4.43. The zero-order chi connectivity index (χ0) is 13.7. The van der Waals surface area contributed by atoms with Gasteiger partial charge in [0, 0.05) is 22.9 Å². The molecule has 108 valence electrons. The van der Waals surface area contributed by atoms with Crippen LogP contribution in [0.2, 0.25) is 0 Å². The second-order valence-corrected chi connectivity index (χ2v) is 8.21. The number of aromatic nitrogens is 1. The van der Waals surface area contributed by atoms with Crippen molar-refractivity contribution in [3.05, 3.63) is 11.6 Å². The lowest BCUT2D eigenvalue weighted by atomic mass is 9.79. The molecule has 0 spiro atoms. The minimum Gasteiger partial charge on any atom is -0.313 e. The molecule has 0 radical (unpaired) electrons. The van der Waals surface area contributed by atoms with Crippen molar-refractivity contribution in [1.82, 2.24) is 10.3 Å². The van der Waals surface area contributed by atoms with Crippen LogP contribution in [0.3, 0.4) is 0 Å². The van der Waals surface area contributed by atoms with Crippen LogP contribution in [0.1, 0.15) is 46.5 Å². The average Bonchev–Trinajstić information content (AvgIpc) is 2.90. The highest BCUT2D eigenvalue weighted by atomic mass is 32.2. The highest BCUT2D eigenvalue weighted by Gasteiger charge is 2.32. The number of rotatable bonds is 6. The van der Waals surface area contributed by atoms with Gasteiger partial charge in [-0.3, -0.25) is 0 Å². The van der Waals surface area contributed by atoms with Crippen LogP contribution in [-0.2, 0) is 0 Å². The van der Waals surface area contributed by atoms with Crippen molar-refractivity contribution in [2.24, 2.45) is 11.8 Å². The van der Waals surface area contributed by atoms with Gasteiger partial charge in [0.15, 0.2) is 0 Å². The minimum atomic E-state index is 0.670. The summed E-state index contributed by atoms with van der Waals surface area (Å²) in [7, 11) is 0. The van der Waals surface area contributed by atoms with E-state index in [0.717, 1.165) is 18.4 Å². The quantitative estimate of drug-likeness (QED) is 0.841. The Labute approximate surface area is 125 Å². The van der Waals surface area contributed by atoms with Gasteiger partial charge >= 0.3 is 0 Å². The maximum Gasteiger partial charge on any atom is 0.150 e. The molecule has 1 heterocycles. The van der Waals surface area contributed by atoms with Crippen LogP contribution in [0.25, 0.3) is 0 Å². The highest BCUT2D eigenvalue weighted by Crippen LogP contribution is 2.39. The lowest BCUT2D eigenvalue weighted by Gasteiger charge is -2.37. The molecule has 0 bridgehead atoms. The molecule has 2 rings (SSSR count). The van der Waals surface area contributed by atoms with E-state index in [4.69, 9.17) is 0 Å². The summed E-state index contributed by atoms with van der Waals surface area (Å²) in [4.78, 5) is 4.45. The Hall–Kier alpha value is -0.0600. The van der Waals surface area contributed by atoms with Crippen molar-refractivity contribution in [2.75, 3.05) is 6.54 Å². The van der Waals surface area contributed by atoms with E-state index >= 15 is 0 Å². The van der Waals surface area contributed by atoms with Crippen molar-refractivity contribution in [3.8, 4) is 0 Å². The molecular formula is C15H26N2S2. The van der Waals surface area contributed by atoms with E-state index in [0.29, 0.717) is 11.3 Å². The molecule has 0 amide bonds. The first-order valence-electron chi connectivity index (χ1n) is 7.50. The Morgan fingerprint density at radius 2 is 2.32 bits per heavy atom. The van der Waals surface area contributed by atoms with Gasteiger partial charge in [0.1, 0.15) is 4.34 Å². The second kappa shape index (κ2) is 7.65. The standard InChI is InChI=1S/C15H26N2S2/c1-4-7-16-13-6-5-12(11(2)3)10-14(13)19-15-17-8-9-18-15/h8-9,11-14,16H,4-7,10H2,1-3H3. The smallest absolute Gasteiger partial charge is 0.150 e. The van der Waals surface area contributed by atoms with Crippen molar-refractivity contribution in [2.45, 2.75) is 62.1 Å². The summed E-state index contributed by atoms with van der Waals surface area (Å²) >= 11 is 3.77. The summed E-state index contributed by atoms with van der Waals surface area (Å²) < 4.78 is 1.23. The first-order valence-corrected chi connectivity index (χ1v) is 9.26. The largest absolute Gasteiger partial charge is 0.313 e. The third kappa shape index (κ3) is 4.47. The number of thioether (sulfide) groups is 1. The zero-order valence-electron chi connectivity index (χ0n) is 12.3. The van der Waals surface area contributed by atoms with Crippen LogP contribution < -0.4 is 5.32 Å². The monoisotopic (exact) mass is 298 g/mol. The highest BCUT2D eigenvalue weighted by molar-refractivity contribution is 8.01. The molecule has 0 aromatic carbocycles. The van der Waals surface area contributed by atoms with Crippen LogP contribution in [0, 0.1) is 11.8 Å². The molecule has 1 aromatic rings. The third-order valence-corrected chi connectivity index (χ3v) is 6.37. The SMILES string of the molecule is CCCNC1CCC(C(C)C)CC1Sc1nccs1. The van der Waals surface area contributed by atoms with Gasteiger partial charge in [-0.05, 0) is 44.1 Å². The molecule has 1 N–H and O–H groups in total. The molecule has 2 nitrogen and oxygen atoms in total. The maximum atomic E-state index is 4.45. The van der Waals surface area contributed by atoms with Gasteiger partial charge in [-0.2, -0.15) is 0 Å². The summed E-state index contributed by atoms with van der Waals surface area (Å²) in [5, 5.41) is 6.53. The third-order valence-electron chi connectivity index (χ3n) is 4.09. The van der Waals surface area contributed by atoms with E-state index in [9.17, 15) is 0 Å². The Morgan fingerprint density at radius 3 is 2.95 bits per heavy atom. The molecule has 1 saturated carbocycles. The molecule has 4 heteroatoms. The first-order chi connectivity index (χ1) is 9.20. The fourth-order valence-corrected chi connectivity index (χ4v) is 5.10. The molecule has 1 aliphatic rings. The molecule has 19 heavy (non-hydrogen) atoms. The predicted molar refractivity (Wildman–Crippen MR) is 86.0 cm³/mol. The molecule has 3 unspecified atom stereocenters. The van der Waals surface area contributed by atoms with Gasteiger partial charge in [-0.15, -0.1) is 11.3 Å². The molecule has 1 aliphatic carbocycles. The Kier molecular flexibility index (Phi) is 6.17. The maximum absolute atomic E-state index is 4.45. The number of nitrogens with one attached hydrogen (secondary N) is 1. The van der Waals surface area contributed by atoms with Crippen LogP contribution in [0.5, 0.6) is 0 Å². The van der Waals surface area contributed by atoms with E-state index in [1.165, 1.54) is 30.0 Å². The van der Waals surface area contributed by atoms with Gasteiger partial charge in [-0.1, -0.05) is 32.5 Å². The molecular weight excluding hydrogens is 272 g/mol. The second-order valence-electron chi connectivity index (χ2n) is 5.83. The fourth-order valence-electron chi connectivity index (χ4n) is 2.86. The van der Waals surface area contributed by atoms with Crippen molar-refractivity contribution in [1.29, 1.82) is 0 Å². The first kappa shape index (κ1) is 15.3. The summed E-state index contributed by atoms with van der Waals surface area (Å²) in [5.41, 5.74) is 0. The molecule has 1 aromatic heterocycles. The molecule has 3 atom stereocenters. The summed E-state index contributed by atoms with van der Waals surface area (Å²) in [6, 6.07) is 0.670. The van der Waals surface area contributed by atoms with Gasteiger partial charge in [0.05, 0.1) is 0 Å². The van der Waals surface area contributed by atoms with Gasteiger partial charge in [0.25, 0.3) is 0 Å². The topological polar surface area (TPSA) is 24.9 Å². The fraction of sp³-hybridized carbons (Fsp3) is 0.800. The number of thiazole rings is 1. The van der Waals surface area contributed by atoms with E-state index in [2.05, 4.69) is 36.5 Å².